The van der Waals surface area contributed by atoms with E-state index in [1.54, 1.807) is 13.8 Å². The normalized spacial score (nSPS) is 3.75. The van der Waals surface area contributed by atoms with Crippen LogP contribution in [0.1, 0.15) is 13.8 Å². The van der Waals surface area contributed by atoms with Gasteiger partial charge in [0.1, 0.15) is 0 Å². The Morgan fingerprint density at radius 3 is 0.875 bits per heavy atom. The summed E-state index contributed by atoms with van der Waals surface area (Å²) in [6, 6.07) is 0. The first kappa shape index (κ1) is 23.3. The Morgan fingerprint density at radius 2 is 0.875 bits per heavy atom. The van der Waals surface area contributed by atoms with Gasteiger partial charge < -0.3 is 19.2 Å². The van der Waals surface area contributed by atoms with Crippen molar-refractivity contribution in [3.8, 4) is 0 Å². The molecule has 0 heterocycles. The zero-order valence-electron chi connectivity index (χ0n) is 6.62. The van der Waals surface area contributed by atoms with Crippen LogP contribution in [0.2, 0.25) is 0 Å². The fourth-order valence-electron chi connectivity index (χ4n) is 0. The van der Waals surface area contributed by atoms with Gasteiger partial charge in [-0.1, -0.05) is 0 Å². The molecule has 0 aromatic rings. The first-order valence-corrected chi connectivity index (χ1v) is 2.41. The molecule has 8 heavy (non-hydrogen) atoms. The second-order valence-electron chi connectivity index (χ2n) is 0.500. The molecule has 0 saturated heterocycles. The van der Waals surface area contributed by atoms with Crippen LogP contribution in [0.3, 0.4) is 0 Å². The third-order valence-corrected chi connectivity index (χ3v) is 0. The summed E-state index contributed by atoms with van der Waals surface area (Å²) in [6.07, 6.45) is 0. The van der Waals surface area contributed by atoms with Crippen LogP contribution in [0, 0.1) is 13.8 Å². The maximum Gasteiger partial charge on any atom is 2.00 e. The summed E-state index contributed by atoms with van der Waals surface area (Å²) in [5.74, 6) is 0. The molecule has 0 aromatic heterocycles. The average Bonchev–Trinajstić information content (AvgIpc) is 1.78. The molecule has 0 unspecified atom stereocenters. The summed E-state index contributed by atoms with van der Waals surface area (Å²) in [4.78, 5) is 0. The standard InChI is InChI=1S/C2H7N.2C2H5.Mg/c1-3-2;2*1-2;/h3H,1-2H3;2*1H2,2H3;/q;2*-1;+2. The summed E-state index contributed by atoms with van der Waals surface area (Å²) in [5.41, 5.74) is 0. The van der Waals surface area contributed by atoms with Gasteiger partial charge in [-0.05, 0) is 14.1 Å². The van der Waals surface area contributed by atoms with Gasteiger partial charge in [0.2, 0.25) is 0 Å². The minimum atomic E-state index is 0. The summed E-state index contributed by atoms with van der Waals surface area (Å²) < 4.78 is 0. The van der Waals surface area contributed by atoms with Gasteiger partial charge in [-0.3, -0.25) is 0 Å². The first-order chi connectivity index (χ1) is 3.41. The molecule has 0 saturated carbocycles. The Balaban J connectivity index is -0.0000000147. The number of hydrogen-bond donors (Lipinski definition) is 1. The van der Waals surface area contributed by atoms with E-state index in [4.69, 9.17) is 0 Å². The van der Waals surface area contributed by atoms with Crippen molar-refractivity contribution >= 4 is 23.1 Å². The van der Waals surface area contributed by atoms with Gasteiger partial charge in [0.25, 0.3) is 0 Å². The van der Waals surface area contributed by atoms with Crippen molar-refractivity contribution in [2.24, 2.45) is 0 Å². The fraction of sp³-hybridized carbons (Fsp3) is 0.667. The van der Waals surface area contributed by atoms with Crippen LogP contribution in [0.15, 0.2) is 0 Å². The molecule has 0 amide bonds. The molecule has 1 nitrogen and oxygen atoms in total. The van der Waals surface area contributed by atoms with Crippen LogP contribution >= 0.6 is 0 Å². The number of hydrogen-bond acceptors (Lipinski definition) is 1. The van der Waals surface area contributed by atoms with Gasteiger partial charge in [0.15, 0.2) is 0 Å². The van der Waals surface area contributed by atoms with Gasteiger partial charge in [0, 0.05) is 0 Å². The van der Waals surface area contributed by atoms with Gasteiger partial charge in [-0.25, -0.2) is 0 Å². The number of rotatable bonds is 0. The quantitative estimate of drug-likeness (QED) is 0.380. The molecule has 0 aliphatic heterocycles. The van der Waals surface area contributed by atoms with Crippen LogP contribution < -0.4 is 5.32 Å². The van der Waals surface area contributed by atoms with E-state index >= 15 is 0 Å². The van der Waals surface area contributed by atoms with Crippen LogP contribution in [0.4, 0.5) is 0 Å². The van der Waals surface area contributed by atoms with Crippen molar-refractivity contribution in [2.45, 2.75) is 13.8 Å². The molecule has 0 bridgehead atoms. The van der Waals surface area contributed by atoms with Crippen molar-refractivity contribution in [1.82, 2.24) is 5.32 Å². The maximum atomic E-state index is 3.25. The van der Waals surface area contributed by atoms with Gasteiger partial charge >= 0.3 is 23.1 Å². The van der Waals surface area contributed by atoms with Crippen LogP contribution in [-0.4, -0.2) is 37.1 Å². The molecule has 0 atom stereocenters. The molecule has 0 rings (SSSR count). The molecule has 0 aliphatic rings. The predicted molar refractivity (Wildman–Crippen MR) is 42.8 cm³/mol. The fourth-order valence-corrected chi connectivity index (χ4v) is 0. The topological polar surface area (TPSA) is 12.0 Å². The molecule has 0 aliphatic carbocycles. The monoisotopic (exact) mass is 127 g/mol. The van der Waals surface area contributed by atoms with Crippen molar-refractivity contribution in [1.29, 1.82) is 0 Å². The smallest absolute Gasteiger partial charge is 0.346 e. The molecule has 48 valence electrons. The van der Waals surface area contributed by atoms with Crippen LogP contribution in [-0.2, 0) is 0 Å². The summed E-state index contributed by atoms with van der Waals surface area (Å²) >= 11 is 0. The molecule has 0 radical (unpaired) electrons. The Hall–Kier alpha value is 0.726. The average molecular weight is 128 g/mol. The van der Waals surface area contributed by atoms with Crippen molar-refractivity contribution in [3.05, 3.63) is 13.8 Å². The zero-order valence-corrected chi connectivity index (χ0v) is 8.04. The molecular formula is C6H17MgN. The van der Waals surface area contributed by atoms with E-state index in [2.05, 4.69) is 19.2 Å². The van der Waals surface area contributed by atoms with E-state index in [9.17, 15) is 0 Å². The van der Waals surface area contributed by atoms with Crippen LogP contribution in [0.25, 0.3) is 0 Å². The van der Waals surface area contributed by atoms with Gasteiger partial charge in [0.05, 0.1) is 0 Å². The predicted octanol–water partition coefficient (Wildman–Crippen LogP) is 1.14. The summed E-state index contributed by atoms with van der Waals surface area (Å²) in [6.45, 7) is 10.0. The van der Waals surface area contributed by atoms with Crippen LogP contribution in [0.5, 0.6) is 0 Å². The van der Waals surface area contributed by atoms with Crippen molar-refractivity contribution in [3.63, 3.8) is 0 Å². The van der Waals surface area contributed by atoms with Crippen molar-refractivity contribution in [2.75, 3.05) is 14.1 Å². The zero-order chi connectivity index (χ0) is 6.71. The van der Waals surface area contributed by atoms with E-state index in [-0.39, 0.29) is 23.1 Å². The van der Waals surface area contributed by atoms with E-state index in [1.807, 2.05) is 14.1 Å². The minimum absolute atomic E-state index is 0. The van der Waals surface area contributed by atoms with E-state index < -0.39 is 0 Å². The second-order valence-corrected chi connectivity index (χ2v) is 0.500. The Morgan fingerprint density at radius 1 is 0.875 bits per heavy atom. The SMILES string of the molecule is CNC.[CH2-]C.[CH2-]C.[Mg+2]. The second kappa shape index (κ2) is 117. The van der Waals surface area contributed by atoms with Crippen molar-refractivity contribution < 1.29 is 0 Å². The summed E-state index contributed by atoms with van der Waals surface area (Å²) in [5, 5.41) is 2.75. The van der Waals surface area contributed by atoms with E-state index in [1.165, 1.54) is 0 Å². The molecule has 2 heteroatoms. The molecule has 1 N–H and O–H groups in total. The third kappa shape index (κ3) is 418. The third-order valence-electron chi connectivity index (χ3n) is 0. The Labute approximate surface area is 70.4 Å². The maximum absolute atomic E-state index is 3.25. The molecular weight excluding hydrogens is 110 g/mol. The number of nitrogens with one attached hydrogen (secondary N) is 1. The molecule has 0 spiro atoms. The Kier molecular flexibility index (Phi) is 342. The van der Waals surface area contributed by atoms with Gasteiger partial charge in [-0.15, -0.1) is 0 Å². The van der Waals surface area contributed by atoms with E-state index in [0.29, 0.717) is 0 Å². The first-order valence-electron chi connectivity index (χ1n) is 2.41. The largest absolute Gasteiger partial charge is 2.00 e. The van der Waals surface area contributed by atoms with Gasteiger partial charge in [-0.2, -0.15) is 13.8 Å². The minimum Gasteiger partial charge on any atom is -0.346 e. The Bertz CT molecular complexity index is 8.49. The molecule has 0 aromatic carbocycles. The van der Waals surface area contributed by atoms with E-state index in [0.717, 1.165) is 0 Å². The summed E-state index contributed by atoms with van der Waals surface area (Å²) in [7, 11) is 3.75. The molecule has 0 fully saturated rings.